The van der Waals surface area contributed by atoms with Crippen molar-refractivity contribution in [2.24, 2.45) is 0 Å². The molecule has 25 heavy (non-hydrogen) atoms. The maximum atomic E-state index is 12.2. The summed E-state index contributed by atoms with van der Waals surface area (Å²) in [5.41, 5.74) is 3.76. The first-order chi connectivity index (χ1) is 11.9. The summed E-state index contributed by atoms with van der Waals surface area (Å²) < 4.78 is 9.94. The Morgan fingerprint density at radius 2 is 1.76 bits per heavy atom. The van der Waals surface area contributed by atoms with Crippen LogP contribution in [0.4, 0.5) is 11.4 Å². The molecule has 6 nitrogen and oxygen atoms in total. The van der Waals surface area contributed by atoms with Crippen LogP contribution in [0.5, 0.6) is 5.75 Å². The van der Waals surface area contributed by atoms with E-state index in [9.17, 15) is 9.59 Å². The van der Waals surface area contributed by atoms with E-state index in [0.29, 0.717) is 17.0 Å². The third-order valence-electron chi connectivity index (χ3n) is 3.72. The maximum absolute atomic E-state index is 12.2. The van der Waals surface area contributed by atoms with Gasteiger partial charge >= 0.3 is 5.97 Å². The number of methoxy groups -OCH3 is 2. The Morgan fingerprint density at radius 3 is 2.40 bits per heavy atom. The summed E-state index contributed by atoms with van der Waals surface area (Å²) in [6, 6.07) is 10.7. The molecule has 0 unspecified atom stereocenters. The number of rotatable bonds is 6. The van der Waals surface area contributed by atoms with Crippen LogP contribution in [0, 0.1) is 13.8 Å². The average Bonchev–Trinajstić information content (AvgIpc) is 2.60. The monoisotopic (exact) mass is 342 g/mol. The Bertz CT molecular complexity index is 787. The van der Waals surface area contributed by atoms with Crippen LogP contribution < -0.4 is 15.4 Å². The zero-order valence-electron chi connectivity index (χ0n) is 14.8. The number of esters is 1. The number of hydrogen-bond donors (Lipinski definition) is 2. The van der Waals surface area contributed by atoms with Crippen LogP contribution in [0.1, 0.15) is 21.5 Å². The van der Waals surface area contributed by atoms with Crippen molar-refractivity contribution in [3.8, 4) is 5.75 Å². The lowest BCUT2D eigenvalue weighted by Crippen LogP contribution is -2.22. The molecule has 0 aliphatic rings. The highest BCUT2D eigenvalue weighted by Crippen LogP contribution is 2.25. The Balaban J connectivity index is 2.01. The van der Waals surface area contributed by atoms with Crippen molar-refractivity contribution in [3.63, 3.8) is 0 Å². The number of carbonyl (C=O) groups is 2. The van der Waals surface area contributed by atoms with E-state index in [1.807, 2.05) is 32.0 Å². The number of hydrogen-bond acceptors (Lipinski definition) is 5. The predicted octanol–water partition coefficient (Wildman–Crippen LogP) is 3.15. The second kappa shape index (κ2) is 8.19. The number of carbonyl (C=O) groups excluding carboxylic acids is 2. The van der Waals surface area contributed by atoms with Crippen molar-refractivity contribution in [2.75, 3.05) is 31.4 Å². The molecule has 2 rings (SSSR count). The van der Waals surface area contributed by atoms with Crippen LogP contribution in [0.25, 0.3) is 0 Å². The van der Waals surface area contributed by atoms with Gasteiger partial charge in [0, 0.05) is 5.69 Å². The summed E-state index contributed by atoms with van der Waals surface area (Å²) in [6.07, 6.45) is 0. The van der Waals surface area contributed by atoms with Crippen molar-refractivity contribution < 1.29 is 19.1 Å². The van der Waals surface area contributed by atoms with Gasteiger partial charge in [-0.05, 0) is 55.3 Å². The highest BCUT2D eigenvalue weighted by molar-refractivity contribution is 5.95. The molecule has 0 spiro atoms. The molecule has 0 saturated heterocycles. The van der Waals surface area contributed by atoms with Gasteiger partial charge in [-0.3, -0.25) is 4.79 Å². The van der Waals surface area contributed by atoms with Crippen molar-refractivity contribution in [1.29, 1.82) is 0 Å². The Hall–Kier alpha value is -3.02. The predicted molar refractivity (Wildman–Crippen MR) is 97.4 cm³/mol. The summed E-state index contributed by atoms with van der Waals surface area (Å²) in [4.78, 5) is 23.7. The number of aryl methyl sites for hydroxylation is 2. The van der Waals surface area contributed by atoms with Crippen LogP contribution >= 0.6 is 0 Å². The first-order valence-corrected chi connectivity index (χ1v) is 7.82. The molecule has 1 amide bonds. The van der Waals surface area contributed by atoms with Crippen molar-refractivity contribution in [3.05, 3.63) is 53.1 Å². The third kappa shape index (κ3) is 4.73. The topological polar surface area (TPSA) is 76.7 Å². The number of nitrogens with one attached hydrogen (secondary N) is 2. The molecule has 132 valence electrons. The van der Waals surface area contributed by atoms with Gasteiger partial charge in [0.1, 0.15) is 5.75 Å². The zero-order valence-corrected chi connectivity index (χ0v) is 14.8. The van der Waals surface area contributed by atoms with Gasteiger partial charge in [0.05, 0.1) is 32.0 Å². The standard InChI is InChI=1S/C19H22N2O4/c1-12-5-8-17(24-3)16(9-12)21-18(22)11-20-15-7-6-14(10-13(15)2)19(23)25-4/h5-10,20H,11H2,1-4H3,(H,21,22). The molecule has 0 bridgehead atoms. The smallest absolute Gasteiger partial charge is 0.337 e. The number of benzene rings is 2. The van der Waals surface area contributed by atoms with Crippen molar-refractivity contribution >= 4 is 23.3 Å². The number of ether oxygens (including phenoxy) is 2. The lowest BCUT2D eigenvalue weighted by Gasteiger charge is -2.13. The molecule has 2 aromatic carbocycles. The molecule has 0 saturated carbocycles. The van der Waals surface area contributed by atoms with Crippen LogP contribution in [-0.2, 0) is 9.53 Å². The summed E-state index contributed by atoms with van der Waals surface area (Å²) in [7, 11) is 2.90. The molecule has 6 heteroatoms. The number of anilines is 2. The summed E-state index contributed by atoms with van der Waals surface area (Å²) in [5, 5.41) is 5.89. The molecular weight excluding hydrogens is 320 g/mol. The van der Waals surface area contributed by atoms with Crippen LogP contribution in [-0.4, -0.2) is 32.6 Å². The van der Waals surface area contributed by atoms with E-state index in [2.05, 4.69) is 10.6 Å². The maximum Gasteiger partial charge on any atom is 0.337 e. The van der Waals surface area contributed by atoms with Crippen LogP contribution in [0.2, 0.25) is 0 Å². The van der Waals surface area contributed by atoms with Gasteiger partial charge in [-0.25, -0.2) is 4.79 Å². The van der Waals surface area contributed by atoms with E-state index >= 15 is 0 Å². The SMILES string of the molecule is COC(=O)c1ccc(NCC(=O)Nc2cc(C)ccc2OC)c(C)c1. The van der Waals surface area contributed by atoms with Crippen molar-refractivity contribution in [1.82, 2.24) is 0 Å². The average molecular weight is 342 g/mol. The second-order valence-corrected chi connectivity index (χ2v) is 5.63. The first-order valence-electron chi connectivity index (χ1n) is 7.82. The van der Waals surface area contributed by atoms with E-state index in [-0.39, 0.29) is 18.4 Å². The minimum Gasteiger partial charge on any atom is -0.495 e. The van der Waals surface area contributed by atoms with Gasteiger partial charge in [0.25, 0.3) is 0 Å². The quantitative estimate of drug-likeness (QED) is 0.789. The summed E-state index contributed by atoms with van der Waals surface area (Å²) in [6.45, 7) is 3.89. The third-order valence-corrected chi connectivity index (χ3v) is 3.72. The lowest BCUT2D eigenvalue weighted by molar-refractivity contribution is -0.114. The largest absolute Gasteiger partial charge is 0.495 e. The lowest BCUT2D eigenvalue weighted by atomic mass is 10.1. The Labute approximate surface area is 147 Å². The summed E-state index contributed by atoms with van der Waals surface area (Å²) >= 11 is 0. The van der Waals surface area contributed by atoms with Gasteiger partial charge in [-0.1, -0.05) is 6.07 Å². The molecule has 0 atom stereocenters. The van der Waals surface area contributed by atoms with Gasteiger partial charge in [-0.2, -0.15) is 0 Å². The molecule has 0 heterocycles. The molecule has 0 radical (unpaired) electrons. The highest BCUT2D eigenvalue weighted by atomic mass is 16.5. The Kier molecular flexibility index (Phi) is 6.00. The highest BCUT2D eigenvalue weighted by Gasteiger charge is 2.10. The van der Waals surface area contributed by atoms with E-state index in [4.69, 9.17) is 9.47 Å². The minimum absolute atomic E-state index is 0.0928. The molecule has 0 aromatic heterocycles. The minimum atomic E-state index is -0.390. The van der Waals surface area contributed by atoms with E-state index in [1.165, 1.54) is 7.11 Å². The first kappa shape index (κ1) is 18.3. The molecule has 2 N–H and O–H groups in total. The molecule has 0 aliphatic carbocycles. The summed E-state index contributed by atoms with van der Waals surface area (Å²) in [5.74, 6) is 0.0249. The Morgan fingerprint density at radius 1 is 1.00 bits per heavy atom. The fourth-order valence-electron chi connectivity index (χ4n) is 2.40. The van der Waals surface area contributed by atoms with Crippen LogP contribution in [0.15, 0.2) is 36.4 Å². The van der Waals surface area contributed by atoms with E-state index < -0.39 is 0 Å². The zero-order chi connectivity index (χ0) is 18.4. The van der Waals surface area contributed by atoms with Crippen LogP contribution in [0.3, 0.4) is 0 Å². The van der Waals surface area contributed by atoms with Gasteiger partial charge in [0.15, 0.2) is 0 Å². The normalized spacial score (nSPS) is 10.1. The van der Waals surface area contributed by atoms with Gasteiger partial charge in [0.2, 0.25) is 5.91 Å². The van der Waals surface area contributed by atoms with Crippen molar-refractivity contribution in [2.45, 2.75) is 13.8 Å². The van der Waals surface area contributed by atoms with E-state index in [1.54, 1.807) is 25.3 Å². The molecule has 2 aromatic rings. The second-order valence-electron chi connectivity index (χ2n) is 5.63. The number of amides is 1. The fourth-order valence-corrected chi connectivity index (χ4v) is 2.40. The fraction of sp³-hybridized carbons (Fsp3) is 0.263. The van der Waals surface area contributed by atoms with E-state index in [0.717, 1.165) is 16.8 Å². The van der Waals surface area contributed by atoms with Gasteiger partial charge in [-0.15, -0.1) is 0 Å². The molecule has 0 aliphatic heterocycles. The molecule has 0 fully saturated rings. The van der Waals surface area contributed by atoms with Gasteiger partial charge < -0.3 is 20.1 Å². The molecular formula is C19H22N2O4.